The van der Waals surface area contributed by atoms with Gasteiger partial charge in [0.2, 0.25) is 9.05 Å². The zero-order chi connectivity index (χ0) is 10.6. The topological polar surface area (TPSA) is 34.1 Å². The van der Waals surface area contributed by atoms with E-state index in [9.17, 15) is 8.42 Å². The van der Waals surface area contributed by atoms with Gasteiger partial charge in [0.15, 0.2) is 0 Å². The van der Waals surface area contributed by atoms with Crippen molar-refractivity contribution >= 4 is 19.7 Å². The van der Waals surface area contributed by atoms with Crippen LogP contribution in [-0.4, -0.2) is 14.2 Å². The van der Waals surface area contributed by atoms with E-state index in [-0.39, 0.29) is 5.75 Å². The summed E-state index contributed by atoms with van der Waals surface area (Å²) in [4.78, 5) is 0. The molecular formula is C10H13ClO2S. The molecular weight excluding hydrogens is 220 g/mol. The second-order valence-electron chi connectivity index (χ2n) is 3.34. The van der Waals surface area contributed by atoms with Crippen molar-refractivity contribution in [2.75, 3.05) is 5.75 Å². The Bertz CT molecular complexity index is 398. The molecule has 1 rings (SSSR count). The monoisotopic (exact) mass is 232 g/mol. The lowest BCUT2D eigenvalue weighted by Crippen LogP contribution is -1.99. The molecule has 0 unspecified atom stereocenters. The number of halogens is 1. The van der Waals surface area contributed by atoms with Crippen LogP contribution in [0, 0.1) is 6.92 Å². The van der Waals surface area contributed by atoms with E-state index in [0.29, 0.717) is 6.42 Å². The van der Waals surface area contributed by atoms with Crippen LogP contribution in [0.25, 0.3) is 0 Å². The van der Waals surface area contributed by atoms with E-state index in [4.69, 9.17) is 10.7 Å². The standard InChI is InChI=1S/C10H13ClO2S/c1-9-4-2-5-10(8-9)6-3-7-14(11,12)13/h2,4-5,8H,3,6-7H2,1H3. The van der Waals surface area contributed by atoms with Gasteiger partial charge in [-0.3, -0.25) is 0 Å². The van der Waals surface area contributed by atoms with Crippen molar-refractivity contribution in [1.82, 2.24) is 0 Å². The Hall–Kier alpha value is -0.540. The predicted molar refractivity (Wildman–Crippen MR) is 59.1 cm³/mol. The number of hydrogen-bond donors (Lipinski definition) is 0. The summed E-state index contributed by atoms with van der Waals surface area (Å²) in [7, 11) is 1.77. The number of rotatable bonds is 4. The number of benzene rings is 1. The second kappa shape index (κ2) is 4.80. The molecule has 0 aliphatic carbocycles. The Morgan fingerprint density at radius 2 is 2.07 bits per heavy atom. The second-order valence-corrected chi connectivity index (χ2v) is 6.23. The Balaban J connectivity index is 2.47. The average Bonchev–Trinajstić information content (AvgIpc) is 2.01. The highest BCUT2D eigenvalue weighted by Gasteiger charge is 2.04. The molecule has 1 aromatic carbocycles. The summed E-state index contributed by atoms with van der Waals surface area (Å²) in [6.45, 7) is 2.02. The molecule has 14 heavy (non-hydrogen) atoms. The normalized spacial score (nSPS) is 11.6. The third-order valence-electron chi connectivity index (χ3n) is 1.94. The fraction of sp³-hybridized carbons (Fsp3) is 0.400. The van der Waals surface area contributed by atoms with Gasteiger partial charge in [-0.05, 0) is 25.3 Å². The molecule has 0 bridgehead atoms. The molecule has 0 aliphatic rings. The molecule has 0 aromatic heterocycles. The van der Waals surface area contributed by atoms with E-state index in [0.717, 1.165) is 12.0 Å². The van der Waals surface area contributed by atoms with Gasteiger partial charge in [-0.25, -0.2) is 8.42 Å². The van der Waals surface area contributed by atoms with Crippen LogP contribution < -0.4 is 0 Å². The van der Waals surface area contributed by atoms with Crippen LogP contribution in [0.1, 0.15) is 17.5 Å². The number of hydrogen-bond acceptors (Lipinski definition) is 2. The molecule has 0 atom stereocenters. The minimum absolute atomic E-state index is 0.0441. The minimum Gasteiger partial charge on any atom is -0.212 e. The van der Waals surface area contributed by atoms with Crippen molar-refractivity contribution in [2.24, 2.45) is 0 Å². The van der Waals surface area contributed by atoms with Gasteiger partial charge in [-0.1, -0.05) is 29.8 Å². The lowest BCUT2D eigenvalue weighted by atomic mass is 10.1. The molecule has 0 saturated heterocycles. The summed E-state index contributed by atoms with van der Waals surface area (Å²) in [6.07, 6.45) is 1.34. The van der Waals surface area contributed by atoms with Gasteiger partial charge in [-0.2, -0.15) is 0 Å². The van der Waals surface area contributed by atoms with E-state index in [1.54, 1.807) is 0 Å². The van der Waals surface area contributed by atoms with Crippen molar-refractivity contribution in [3.8, 4) is 0 Å². The van der Waals surface area contributed by atoms with Crippen molar-refractivity contribution in [1.29, 1.82) is 0 Å². The van der Waals surface area contributed by atoms with Crippen molar-refractivity contribution in [3.05, 3.63) is 35.4 Å². The summed E-state index contributed by atoms with van der Waals surface area (Å²) < 4.78 is 21.3. The quantitative estimate of drug-likeness (QED) is 0.748. The Morgan fingerprint density at radius 3 is 2.64 bits per heavy atom. The van der Waals surface area contributed by atoms with Crippen molar-refractivity contribution in [3.63, 3.8) is 0 Å². The van der Waals surface area contributed by atoms with E-state index in [1.807, 2.05) is 25.1 Å². The van der Waals surface area contributed by atoms with Gasteiger partial charge in [0, 0.05) is 10.7 Å². The van der Waals surface area contributed by atoms with Crippen LogP contribution in [0.15, 0.2) is 24.3 Å². The van der Waals surface area contributed by atoms with Crippen LogP contribution in [0.5, 0.6) is 0 Å². The summed E-state index contributed by atoms with van der Waals surface area (Å²) in [5.74, 6) is 0.0441. The van der Waals surface area contributed by atoms with Crippen LogP contribution in [0.4, 0.5) is 0 Å². The molecule has 0 N–H and O–H groups in total. The van der Waals surface area contributed by atoms with Gasteiger partial charge < -0.3 is 0 Å². The molecule has 0 saturated carbocycles. The molecule has 2 nitrogen and oxygen atoms in total. The lowest BCUT2D eigenvalue weighted by Gasteiger charge is -2.00. The van der Waals surface area contributed by atoms with Crippen LogP contribution in [0.3, 0.4) is 0 Å². The Morgan fingerprint density at radius 1 is 1.36 bits per heavy atom. The Labute approximate surface area is 89.3 Å². The molecule has 0 heterocycles. The maximum Gasteiger partial charge on any atom is 0.232 e. The fourth-order valence-corrected chi connectivity index (χ4v) is 2.13. The van der Waals surface area contributed by atoms with Gasteiger partial charge in [0.25, 0.3) is 0 Å². The third kappa shape index (κ3) is 4.63. The van der Waals surface area contributed by atoms with Gasteiger partial charge in [0.1, 0.15) is 0 Å². The van der Waals surface area contributed by atoms with Crippen LogP contribution in [-0.2, 0) is 15.5 Å². The highest BCUT2D eigenvalue weighted by molar-refractivity contribution is 8.13. The van der Waals surface area contributed by atoms with Crippen molar-refractivity contribution < 1.29 is 8.42 Å². The van der Waals surface area contributed by atoms with Gasteiger partial charge >= 0.3 is 0 Å². The maximum absolute atomic E-state index is 10.7. The smallest absolute Gasteiger partial charge is 0.212 e. The molecule has 4 heteroatoms. The maximum atomic E-state index is 10.7. The molecule has 78 valence electrons. The summed E-state index contributed by atoms with van der Waals surface area (Å²) >= 11 is 0. The lowest BCUT2D eigenvalue weighted by molar-refractivity contribution is 0.607. The van der Waals surface area contributed by atoms with Crippen LogP contribution >= 0.6 is 10.7 Å². The van der Waals surface area contributed by atoms with E-state index >= 15 is 0 Å². The third-order valence-corrected chi connectivity index (χ3v) is 3.18. The Kier molecular flexibility index (Phi) is 3.96. The average molecular weight is 233 g/mol. The highest BCUT2D eigenvalue weighted by atomic mass is 35.7. The SMILES string of the molecule is Cc1cccc(CCCS(=O)(=O)Cl)c1. The molecule has 0 aliphatic heterocycles. The summed E-state index contributed by atoms with van der Waals surface area (Å²) in [5.41, 5.74) is 2.35. The summed E-state index contributed by atoms with van der Waals surface area (Å²) in [6, 6.07) is 8.04. The first-order chi connectivity index (χ1) is 6.47. The molecule has 0 amide bonds. The molecule has 0 radical (unpaired) electrons. The largest absolute Gasteiger partial charge is 0.232 e. The predicted octanol–water partition coefficient (Wildman–Crippen LogP) is 2.50. The number of aryl methyl sites for hydroxylation is 2. The summed E-state index contributed by atoms with van der Waals surface area (Å²) in [5, 5.41) is 0. The van der Waals surface area contributed by atoms with Crippen LogP contribution in [0.2, 0.25) is 0 Å². The first kappa shape index (κ1) is 11.5. The molecule has 0 fully saturated rings. The molecule has 1 aromatic rings. The zero-order valence-electron chi connectivity index (χ0n) is 8.03. The van der Waals surface area contributed by atoms with Gasteiger partial charge in [-0.15, -0.1) is 0 Å². The highest BCUT2D eigenvalue weighted by Crippen LogP contribution is 2.08. The molecule has 0 spiro atoms. The minimum atomic E-state index is -3.33. The first-order valence-corrected chi connectivity index (χ1v) is 6.93. The van der Waals surface area contributed by atoms with E-state index in [1.165, 1.54) is 5.56 Å². The van der Waals surface area contributed by atoms with E-state index < -0.39 is 9.05 Å². The fourth-order valence-electron chi connectivity index (χ4n) is 1.32. The van der Waals surface area contributed by atoms with Crippen molar-refractivity contribution in [2.45, 2.75) is 19.8 Å². The first-order valence-electron chi connectivity index (χ1n) is 4.45. The zero-order valence-corrected chi connectivity index (χ0v) is 9.61. The van der Waals surface area contributed by atoms with E-state index in [2.05, 4.69) is 6.07 Å². The van der Waals surface area contributed by atoms with Gasteiger partial charge in [0.05, 0.1) is 5.75 Å².